The number of aryl methyl sites for hydroxylation is 2. The number of hydrogen-bond acceptors (Lipinski definition) is 6. The van der Waals surface area contributed by atoms with Gasteiger partial charge in [-0.1, -0.05) is 95.7 Å². The summed E-state index contributed by atoms with van der Waals surface area (Å²) in [5.74, 6) is 1.67. The highest BCUT2D eigenvalue weighted by Crippen LogP contribution is 2.38. The van der Waals surface area contributed by atoms with Gasteiger partial charge in [0.25, 0.3) is 5.91 Å². The van der Waals surface area contributed by atoms with Gasteiger partial charge in [0.2, 0.25) is 11.1 Å². The van der Waals surface area contributed by atoms with Crippen molar-refractivity contribution < 1.29 is 9.53 Å². The first-order valence-electron chi connectivity index (χ1n) is 14.7. The van der Waals surface area contributed by atoms with Crippen LogP contribution >= 0.6 is 23.4 Å². The van der Waals surface area contributed by atoms with Crippen LogP contribution < -0.4 is 15.4 Å². The number of allylic oxidation sites excluding steroid dienone is 1. The highest BCUT2D eigenvalue weighted by molar-refractivity contribution is 7.98. The molecule has 5 aromatic rings. The molecule has 0 bridgehead atoms. The molecule has 2 heterocycles. The van der Waals surface area contributed by atoms with Gasteiger partial charge in [-0.05, 0) is 79.8 Å². The second kappa shape index (κ2) is 13.2. The van der Waals surface area contributed by atoms with Gasteiger partial charge in [0, 0.05) is 22.2 Å². The second-order valence-corrected chi connectivity index (χ2v) is 12.5. The lowest BCUT2D eigenvalue weighted by molar-refractivity contribution is -0.113. The zero-order valence-electron chi connectivity index (χ0n) is 25.6. The van der Waals surface area contributed by atoms with Crippen LogP contribution in [0.25, 0.3) is 0 Å². The number of aromatic nitrogens is 3. The summed E-state index contributed by atoms with van der Waals surface area (Å²) in [7, 11) is 0. The molecule has 0 aliphatic carbocycles. The van der Waals surface area contributed by atoms with Gasteiger partial charge in [-0.3, -0.25) is 4.79 Å². The number of ether oxygens (including phenoxy) is 1. The van der Waals surface area contributed by atoms with Crippen molar-refractivity contribution in [3.63, 3.8) is 0 Å². The van der Waals surface area contributed by atoms with Crippen LogP contribution in [0.3, 0.4) is 0 Å². The van der Waals surface area contributed by atoms with Gasteiger partial charge < -0.3 is 15.4 Å². The molecule has 0 saturated heterocycles. The van der Waals surface area contributed by atoms with Crippen LogP contribution in [0.15, 0.2) is 107 Å². The summed E-state index contributed by atoms with van der Waals surface area (Å²) < 4.78 is 8.00. The van der Waals surface area contributed by atoms with Crippen LogP contribution in [0, 0.1) is 20.8 Å². The van der Waals surface area contributed by atoms with E-state index in [-0.39, 0.29) is 5.91 Å². The van der Waals surface area contributed by atoms with Crippen LogP contribution in [0.1, 0.15) is 46.3 Å². The molecule has 1 unspecified atom stereocenters. The number of rotatable bonds is 9. The monoisotopic (exact) mass is 635 g/mol. The number of carbonyl (C=O) groups is 1. The minimum Gasteiger partial charge on any atom is -0.489 e. The smallest absolute Gasteiger partial charge is 0.255 e. The van der Waals surface area contributed by atoms with Crippen molar-refractivity contribution in [2.45, 2.75) is 51.3 Å². The van der Waals surface area contributed by atoms with Gasteiger partial charge >= 0.3 is 0 Å². The van der Waals surface area contributed by atoms with Crippen molar-refractivity contribution in [2.24, 2.45) is 0 Å². The highest BCUT2D eigenvalue weighted by atomic mass is 35.5. The summed E-state index contributed by atoms with van der Waals surface area (Å²) in [6, 6.07) is 29.2. The maximum absolute atomic E-state index is 14.1. The molecule has 1 amide bonds. The van der Waals surface area contributed by atoms with E-state index in [0.29, 0.717) is 45.5 Å². The number of thioether (sulfide) groups is 1. The minimum atomic E-state index is -0.545. The average molecular weight is 636 g/mol. The first kappa shape index (κ1) is 30.5. The van der Waals surface area contributed by atoms with E-state index >= 15 is 0 Å². The summed E-state index contributed by atoms with van der Waals surface area (Å²) in [4.78, 5) is 18.9. The fraction of sp³-hybridized carbons (Fsp3) is 0.194. The molecular weight excluding hydrogens is 602 g/mol. The van der Waals surface area contributed by atoms with E-state index in [0.717, 1.165) is 33.5 Å². The van der Waals surface area contributed by atoms with Crippen molar-refractivity contribution in [1.82, 2.24) is 14.8 Å². The normalized spacial score (nSPS) is 14.1. The van der Waals surface area contributed by atoms with Gasteiger partial charge in [0.1, 0.15) is 18.4 Å². The SMILES string of the molecule is CC1=C(C(=O)Nc2cccc(C)c2C)C(c2cccc(OCc3ccc(C)cc3)c2)n2nc(SCc3ccccc3Cl)nc2N1. The molecule has 4 aromatic carbocycles. The van der Waals surface area contributed by atoms with Gasteiger partial charge in [0.15, 0.2) is 0 Å². The van der Waals surface area contributed by atoms with E-state index in [1.807, 2.05) is 87.5 Å². The summed E-state index contributed by atoms with van der Waals surface area (Å²) >= 11 is 7.90. The Balaban J connectivity index is 1.34. The topological polar surface area (TPSA) is 81.1 Å². The van der Waals surface area contributed by atoms with Crippen molar-refractivity contribution in [3.05, 3.63) is 141 Å². The fourth-order valence-electron chi connectivity index (χ4n) is 5.25. The van der Waals surface area contributed by atoms with Crippen molar-refractivity contribution in [1.29, 1.82) is 0 Å². The number of nitrogens with zero attached hydrogens (tertiary/aromatic N) is 3. The van der Waals surface area contributed by atoms with Crippen molar-refractivity contribution in [2.75, 3.05) is 10.6 Å². The molecule has 9 heteroatoms. The number of anilines is 2. The zero-order chi connectivity index (χ0) is 31.5. The van der Waals surface area contributed by atoms with E-state index in [2.05, 4.69) is 41.8 Å². The van der Waals surface area contributed by atoms with E-state index < -0.39 is 6.04 Å². The van der Waals surface area contributed by atoms with Crippen LogP contribution in [-0.2, 0) is 17.2 Å². The number of hydrogen-bond donors (Lipinski definition) is 2. The number of carbonyl (C=O) groups excluding carboxylic acids is 1. The number of amides is 1. The lowest BCUT2D eigenvalue weighted by Crippen LogP contribution is -2.31. The Labute approximate surface area is 272 Å². The minimum absolute atomic E-state index is 0.212. The summed E-state index contributed by atoms with van der Waals surface area (Å²) in [5, 5.41) is 12.7. The maximum atomic E-state index is 14.1. The van der Waals surface area contributed by atoms with Crippen LogP contribution in [-0.4, -0.2) is 20.7 Å². The molecule has 1 aliphatic rings. The Hall–Kier alpha value is -4.53. The molecule has 7 nitrogen and oxygen atoms in total. The fourth-order valence-corrected chi connectivity index (χ4v) is 6.37. The van der Waals surface area contributed by atoms with Gasteiger partial charge in [-0.2, -0.15) is 4.98 Å². The molecule has 1 atom stereocenters. The average Bonchev–Trinajstić information content (AvgIpc) is 3.44. The Morgan fingerprint density at radius 3 is 2.56 bits per heavy atom. The van der Waals surface area contributed by atoms with Crippen molar-refractivity contribution >= 4 is 40.9 Å². The second-order valence-electron chi connectivity index (χ2n) is 11.2. The lowest BCUT2D eigenvalue weighted by atomic mass is 9.94. The molecule has 228 valence electrons. The third-order valence-electron chi connectivity index (χ3n) is 7.95. The predicted octanol–water partition coefficient (Wildman–Crippen LogP) is 8.66. The first-order valence-corrected chi connectivity index (χ1v) is 16.1. The third kappa shape index (κ3) is 6.77. The molecule has 6 rings (SSSR count). The Kier molecular flexibility index (Phi) is 8.96. The Bertz CT molecular complexity index is 1900. The number of halogens is 1. The molecule has 1 aliphatic heterocycles. The van der Waals surface area contributed by atoms with Crippen LogP contribution in [0.2, 0.25) is 5.02 Å². The third-order valence-corrected chi connectivity index (χ3v) is 9.20. The van der Waals surface area contributed by atoms with Gasteiger partial charge in [-0.25, -0.2) is 4.68 Å². The molecule has 1 aromatic heterocycles. The summed E-state index contributed by atoms with van der Waals surface area (Å²) in [6.45, 7) is 8.44. The summed E-state index contributed by atoms with van der Waals surface area (Å²) in [5.41, 5.74) is 8.30. The van der Waals surface area contributed by atoms with Crippen LogP contribution in [0.4, 0.5) is 11.6 Å². The molecule has 0 spiro atoms. The van der Waals surface area contributed by atoms with Crippen LogP contribution in [0.5, 0.6) is 5.75 Å². The van der Waals surface area contributed by atoms with E-state index in [1.54, 1.807) is 4.68 Å². The largest absolute Gasteiger partial charge is 0.489 e. The number of benzene rings is 4. The first-order chi connectivity index (χ1) is 21.8. The van der Waals surface area contributed by atoms with E-state index in [4.69, 9.17) is 26.4 Å². The molecular formula is C36H34ClN5O2S. The highest BCUT2D eigenvalue weighted by Gasteiger charge is 2.35. The molecule has 0 fully saturated rings. The lowest BCUT2D eigenvalue weighted by Gasteiger charge is -2.29. The predicted molar refractivity (Wildman–Crippen MR) is 182 cm³/mol. The maximum Gasteiger partial charge on any atom is 0.255 e. The Morgan fingerprint density at radius 1 is 0.978 bits per heavy atom. The Morgan fingerprint density at radius 2 is 1.76 bits per heavy atom. The molecule has 45 heavy (non-hydrogen) atoms. The standard InChI is InChI=1S/C36H34ClN5O2S/c1-22-15-17-26(18-16-22)20-44-29-12-8-11-27(19-29)33-32(34(43)39-31-14-7-9-23(2)24(31)3)25(4)38-35-40-36(41-42(33)35)45-21-28-10-5-6-13-30(28)37/h5-19,33H,20-21H2,1-4H3,(H,39,43)(H,38,40,41). The molecule has 2 N–H and O–H groups in total. The molecule has 0 radical (unpaired) electrons. The van der Waals surface area contributed by atoms with E-state index in [9.17, 15) is 4.79 Å². The zero-order valence-corrected chi connectivity index (χ0v) is 27.2. The number of nitrogens with one attached hydrogen (secondary N) is 2. The summed E-state index contributed by atoms with van der Waals surface area (Å²) in [6.07, 6.45) is 0. The quantitative estimate of drug-likeness (QED) is 0.158. The molecule has 0 saturated carbocycles. The van der Waals surface area contributed by atoms with Gasteiger partial charge in [0.05, 0.1) is 5.57 Å². The van der Waals surface area contributed by atoms with Gasteiger partial charge in [-0.15, -0.1) is 5.10 Å². The number of fused-ring (bicyclic) bond motifs is 1. The van der Waals surface area contributed by atoms with Crippen molar-refractivity contribution in [3.8, 4) is 5.75 Å². The van der Waals surface area contributed by atoms with E-state index in [1.165, 1.54) is 17.3 Å².